The average molecular weight is 503 g/mol. The molecule has 3 aliphatic rings. The molecule has 3 N–H and O–H groups in total. The van der Waals surface area contributed by atoms with Crippen molar-refractivity contribution >= 4 is 35.5 Å². The van der Waals surface area contributed by atoms with E-state index >= 15 is 0 Å². The fourth-order valence-electron chi connectivity index (χ4n) is 5.00. The minimum absolute atomic E-state index is 0.129. The lowest BCUT2D eigenvalue weighted by molar-refractivity contribution is -0.153. The molecule has 2 saturated heterocycles. The Bertz CT molecular complexity index is 1050. The number of urea groups is 2. The summed E-state index contributed by atoms with van der Waals surface area (Å²) < 4.78 is 39.8. The Hall–Kier alpha value is -3.02. The van der Waals surface area contributed by atoms with Crippen molar-refractivity contribution in [3.8, 4) is 0 Å². The molecule has 5 unspecified atom stereocenters. The predicted molar refractivity (Wildman–Crippen MR) is 112 cm³/mol. The highest BCUT2D eigenvalue weighted by molar-refractivity contribution is 6.32. The second kappa shape index (κ2) is 8.64. The molecule has 2 aliphatic heterocycles. The van der Waals surface area contributed by atoms with Gasteiger partial charge in [-0.3, -0.25) is 14.5 Å². The van der Waals surface area contributed by atoms with Crippen LogP contribution in [0.2, 0.25) is 5.02 Å². The molecule has 4 rings (SSSR count). The van der Waals surface area contributed by atoms with Crippen LogP contribution in [0.3, 0.4) is 0 Å². The van der Waals surface area contributed by atoms with Gasteiger partial charge in [0, 0.05) is 12.6 Å². The number of benzene rings is 1. The number of nitrogens with one attached hydrogen (secondary N) is 2. The number of nitrogens with zero attached hydrogens (tertiary/aromatic N) is 2. The third-order valence-corrected chi connectivity index (χ3v) is 7.17. The van der Waals surface area contributed by atoms with Gasteiger partial charge in [-0.1, -0.05) is 30.7 Å². The fourth-order valence-corrected chi connectivity index (χ4v) is 5.29. The molecule has 34 heavy (non-hydrogen) atoms. The van der Waals surface area contributed by atoms with Gasteiger partial charge < -0.3 is 20.6 Å². The molecule has 1 aromatic carbocycles. The first kappa shape index (κ1) is 24.1. The van der Waals surface area contributed by atoms with Crippen LogP contribution in [0.4, 0.5) is 22.8 Å². The molecule has 5 amide bonds. The van der Waals surface area contributed by atoms with Crippen molar-refractivity contribution in [2.45, 2.75) is 50.6 Å². The number of rotatable bonds is 4. The van der Waals surface area contributed by atoms with Crippen LogP contribution in [0.1, 0.15) is 30.9 Å². The average Bonchev–Trinajstić information content (AvgIpc) is 3.09. The number of carboxylic acids is 1. The molecule has 0 bridgehead atoms. The lowest BCUT2D eigenvalue weighted by atomic mass is 9.79. The van der Waals surface area contributed by atoms with Crippen molar-refractivity contribution in [3.63, 3.8) is 0 Å². The van der Waals surface area contributed by atoms with E-state index in [1.807, 2.05) is 6.92 Å². The minimum atomic E-state index is -4.74. The second-order valence-corrected chi connectivity index (χ2v) is 9.25. The first-order valence-electron chi connectivity index (χ1n) is 10.6. The molecular weight excluding hydrogens is 481 g/mol. The van der Waals surface area contributed by atoms with E-state index in [9.17, 15) is 37.5 Å². The maximum atomic E-state index is 13.4. The number of fused-ring (bicyclic) bond motifs is 1. The van der Waals surface area contributed by atoms with E-state index in [0.717, 1.165) is 12.1 Å². The lowest BCUT2D eigenvalue weighted by Gasteiger charge is -2.46. The Balaban J connectivity index is 1.64. The Morgan fingerprint density at radius 2 is 1.82 bits per heavy atom. The number of carbonyl (C=O) groups excluding carboxylic acids is 3. The van der Waals surface area contributed by atoms with E-state index in [1.165, 1.54) is 11.0 Å². The highest BCUT2D eigenvalue weighted by Gasteiger charge is 2.50. The zero-order valence-electron chi connectivity index (χ0n) is 17.9. The Morgan fingerprint density at radius 3 is 2.44 bits per heavy atom. The number of aliphatic carboxylic acids is 1. The largest absolute Gasteiger partial charge is 0.481 e. The van der Waals surface area contributed by atoms with Crippen LogP contribution >= 0.6 is 11.6 Å². The summed E-state index contributed by atoms with van der Waals surface area (Å²) in [5, 5.41) is 14.5. The zero-order chi connectivity index (χ0) is 24.9. The maximum absolute atomic E-state index is 13.4. The van der Waals surface area contributed by atoms with E-state index in [4.69, 9.17) is 11.6 Å². The van der Waals surface area contributed by atoms with Gasteiger partial charge in [0.05, 0.1) is 29.2 Å². The Morgan fingerprint density at radius 1 is 1.18 bits per heavy atom. The quantitative estimate of drug-likeness (QED) is 0.547. The standard InChI is InChI=1S/C21H22ClF3N4O5/c1-9-5-13-14(27-19(33)26-13)6-15(9)28-8-11(18(31)32)17(30)29(20(28)34)7-10-3-2-4-12(16(10)22)21(23,24)25/h2-4,9,11,13-15H,5-8H2,1H3,(H,31,32)(H2,26,27,33). The van der Waals surface area contributed by atoms with Gasteiger partial charge in [0.1, 0.15) is 0 Å². The number of hydrogen-bond acceptors (Lipinski definition) is 4. The van der Waals surface area contributed by atoms with Crippen LogP contribution in [0.5, 0.6) is 0 Å². The van der Waals surface area contributed by atoms with Crippen molar-refractivity contribution in [2.24, 2.45) is 11.8 Å². The van der Waals surface area contributed by atoms with Gasteiger partial charge in [-0.2, -0.15) is 13.2 Å². The van der Waals surface area contributed by atoms with Crippen LogP contribution in [0, 0.1) is 11.8 Å². The van der Waals surface area contributed by atoms with Crippen molar-refractivity contribution < 1.29 is 37.5 Å². The van der Waals surface area contributed by atoms with Crippen LogP contribution in [-0.2, 0) is 22.3 Å². The summed E-state index contributed by atoms with van der Waals surface area (Å²) in [5.41, 5.74) is -1.25. The fraction of sp³-hybridized carbons (Fsp3) is 0.524. The summed E-state index contributed by atoms with van der Waals surface area (Å²) in [5.74, 6) is -4.17. The Kier molecular flexibility index (Phi) is 6.13. The van der Waals surface area contributed by atoms with E-state index in [-0.39, 0.29) is 36.1 Å². The van der Waals surface area contributed by atoms with Gasteiger partial charge in [-0.05, 0) is 30.4 Å². The Labute approximate surface area is 197 Å². The smallest absolute Gasteiger partial charge is 0.417 e. The third kappa shape index (κ3) is 4.26. The number of alkyl halides is 3. The van der Waals surface area contributed by atoms with E-state index in [1.54, 1.807) is 0 Å². The molecule has 13 heteroatoms. The van der Waals surface area contributed by atoms with E-state index in [0.29, 0.717) is 17.7 Å². The highest BCUT2D eigenvalue weighted by atomic mass is 35.5. The molecular formula is C21H22ClF3N4O5. The summed E-state index contributed by atoms with van der Waals surface area (Å²) in [6.45, 7) is 0.887. The number of amides is 5. The molecule has 3 fully saturated rings. The van der Waals surface area contributed by atoms with Crippen molar-refractivity contribution in [3.05, 3.63) is 34.3 Å². The summed E-state index contributed by atoms with van der Waals surface area (Å²) in [7, 11) is 0. The molecule has 5 atom stereocenters. The van der Waals surface area contributed by atoms with Crippen molar-refractivity contribution in [1.29, 1.82) is 0 Å². The molecule has 0 radical (unpaired) electrons. The lowest BCUT2D eigenvalue weighted by Crippen LogP contribution is -2.63. The van der Waals surface area contributed by atoms with Crippen LogP contribution in [0.25, 0.3) is 0 Å². The molecule has 1 saturated carbocycles. The summed E-state index contributed by atoms with van der Waals surface area (Å²) in [4.78, 5) is 51.7. The van der Waals surface area contributed by atoms with E-state index < -0.39 is 53.2 Å². The normalized spacial score (nSPS) is 29.6. The summed E-state index contributed by atoms with van der Waals surface area (Å²) >= 11 is 5.94. The zero-order valence-corrected chi connectivity index (χ0v) is 18.7. The molecule has 184 valence electrons. The van der Waals surface area contributed by atoms with Gasteiger partial charge in [0.15, 0.2) is 5.92 Å². The van der Waals surface area contributed by atoms with Gasteiger partial charge >= 0.3 is 24.2 Å². The van der Waals surface area contributed by atoms with Crippen LogP contribution in [-0.4, -0.2) is 63.5 Å². The first-order valence-corrected chi connectivity index (χ1v) is 11.0. The SMILES string of the molecule is CC1CC2NC(=O)NC2CC1N1CC(C(=O)O)C(=O)N(Cc2cccc(C(F)(F)F)c2Cl)C1=O. The minimum Gasteiger partial charge on any atom is -0.481 e. The first-order chi connectivity index (χ1) is 15.9. The van der Waals surface area contributed by atoms with Crippen molar-refractivity contribution in [2.75, 3.05) is 6.54 Å². The number of imide groups is 1. The molecule has 2 heterocycles. The topological polar surface area (TPSA) is 119 Å². The monoisotopic (exact) mass is 502 g/mol. The van der Waals surface area contributed by atoms with E-state index in [2.05, 4.69) is 10.6 Å². The van der Waals surface area contributed by atoms with Gasteiger partial charge in [-0.25, -0.2) is 9.59 Å². The third-order valence-electron chi connectivity index (χ3n) is 6.73. The number of halogens is 4. The molecule has 1 aromatic rings. The van der Waals surface area contributed by atoms with Gasteiger partial charge in [0.2, 0.25) is 5.91 Å². The molecule has 0 spiro atoms. The molecule has 9 nitrogen and oxygen atoms in total. The van der Waals surface area contributed by atoms with Crippen molar-refractivity contribution in [1.82, 2.24) is 20.4 Å². The molecule has 1 aliphatic carbocycles. The van der Waals surface area contributed by atoms with Gasteiger partial charge in [-0.15, -0.1) is 0 Å². The maximum Gasteiger partial charge on any atom is 0.417 e. The summed E-state index contributed by atoms with van der Waals surface area (Å²) in [6, 6.07) is 1.13. The summed E-state index contributed by atoms with van der Waals surface area (Å²) in [6.07, 6.45) is -3.87. The van der Waals surface area contributed by atoms with Crippen LogP contribution in [0.15, 0.2) is 18.2 Å². The number of hydrogen-bond donors (Lipinski definition) is 3. The van der Waals surface area contributed by atoms with Crippen LogP contribution < -0.4 is 10.6 Å². The second-order valence-electron chi connectivity index (χ2n) is 8.87. The predicted octanol–water partition coefficient (Wildman–Crippen LogP) is 2.67. The highest BCUT2D eigenvalue weighted by Crippen LogP contribution is 2.38. The number of carboxylic acid groups (broad SMARTS) is 1. The number of carbonyl (C=O) groups is 4. The van der Waals surface area contributed by atoms with Gasteiger partial charge in [0.25, 0.3) is 0 Å². The molecule has 0 aromatic heterocycles.